The number of nitrogens with zero attached hydrogens (tertiary/aromatic N) is 2. The van der Waals surface area contributed by atoms with Crippen molar-refractivity contribution in [2.24, 2.45) is 0 Å². The van der Waals surface area contributed by atoms with E-state index in [0.717, 1.165) is 100 Å². The van der Waals surface area contributed by atoms with Crippen molar-refractivity contribution < 1.29 is 8.42 Å². The summed E-state index contributed by atoms with van der Waals surface area (Å²) in [4.78, 5) is 6.03. The number of hydrogen-bond acceptors (Lipinski definition) is 3. The Labute approximate surface area is 372 Å². The minimum atomic E-state index is -3.97. The van der Waals surface area contributed by atoms with Crippen molar-refractivity contribution in [3.8, 4) is 61.6 Å². The summed E-state index contributed by atoms with van der Waals surface area (Å²) in [5.74, 6) is 0.877. The highest BCUT2D eigenvalue weighted by molar-refractivity contribution is 7.91. The van der Waals surface area contributed by atoms with Crippen molar-refractivity contribution in [3.63, 3.8) is 0 Å². The molecule has 0 fully saturated rings. The number of imidazole rings is 1. The lowest BCUT2D eigenvalue weighted by Crippen LogP contribution is -2.38. The molecule has 13 rings (SSSR count). The number of rotatable bonds is 3. The molecule has 0 radical (unpaired) electrons. The minimum absolute atomic E-state index is 0.342. The molecule has 5 heteroatoms. The van der Waals surface area contributed by atoms with Crippen molar-refractivity contribution >= 4 is 20.9 Å². The van der Waals surface area contributed by atoms with Crippen LogP contribution in [-0.4, -0.2) is 18.0 Å². The maximum Gasteiger partial charge on any atom is 0.207 e. The van der Waals surface area contributed by atoms with Gasteiger partial charge in [-0.15, -0.1) is 0 Å². The van der Waals surface area contributed by atoms with Crippen molar-refractivity contribution in [1.82, 2.24) is 9.55 Å². The first-order valence-electron chi connectivity index (χ1n) is 21.9. The number of sulfone groups is 1. The summed E-state index contributed by atoms with van der Waals surface area (Å²) < 4.78 is 33.0. The lowest BCUT2D eigenvalue weighted by atomic mass is 9.62. The van der Waals surface area contributed by atoms with Crippen LogP contribution < -0.4 is 0 Å². The third-order valence-corrected chi connectivity index (χ3v) is 16.1. The summed E-state index contributed by atoms with van der Waals surface area (Å²) in [5.41, 5.74) is 17.1. The monoisotopic (exact) mass is 840 g/mol. The van der Waals surface area contributed by atoms with Crippen LogP contribution in [-0.2, 0) is 20.7 Å². The summed E-state index contributed by atoms with van der Waals surface area (Å²) in [5, 5.41) is 0. The van der Waals surface area contributed by atoms with Gasteiger partial charge in [-0.1, -0.05) is 172 Å². The summed E-state index contributed by atoms with van der Waals surface area (Å²) in [7, 11) is -3.97. The first-order chi connectivity index (χ1) is 31.3. The Hall–Kier alpha value is -7.60. The van der Waals surface area contributed by atoms with Crippen LogP contribution in [0.4, 0.5) is 0 Å². The number of aromatic nitrogens is 2. The summed E-state index contributed by atoms with van der Waals surface area (Å²) in [6.45, 7) is 4.43. The second kappa shape index (κ2) is 13.2. The minimum Gasteiger partial charge on any atom is -0.292 e. The Morgan fingerprint density at radius 1 is 0.406 bits per heavy atom. The Morgan fingerprint density at radius 3 is 1.70 bits per heavy atom. The number of hydrogen-bond donors (Lipinski definition) is 0. The summed E-state index contributed by atoms with van der Waals surface area (Å²) in [6, 6.07) is 72.0. The Kier molecular flexibility index (Phi) is 7.64. The van der Waals surface area contributed by atoms with E-state index in [2.05, 4.69) is 188 Å². The molecular formula is C59H40N2O2S. The Morgan fingerprint density at radius 2 is 0.969 bits per heavy atom. The van der Waals surface area contributed by atoms with Gasteiger partial charge in [0, 0.05) is 16.7 Å². The van der Waals surface area contributed by atoms with E-state index in [0.29, 0.717) is 9.79 Å². The highest BCUT2D eigenvalue weighted by atomic mass is 32.2. The number of fused-ring (bicyclic) bond motifs is 15. The molecule has 1 aliphatic heterocycles. The second-order valence-electron chi connectivity index (χ2n) is 17.8. The van der Waals surface area contributed by atoms with Crippen LogP contribution in [0.5, 0.6) is 0 Å². The Balaban J connectivity index is 1.14. The van der Waals surface area contributed by atoms with E-state index in [1.165, 1.54) is 5.56 Å². The molecule has 0 saturated carbocycles. The van der Waals surface area contributed by atoms with E-state index < -0.39 is 20.7 Å². The average molecular weight is 841 g/mol. The highest BCUT2D eigenvalue weighted by Gasteiger charge is 2.53. The normalized spacial score (nSPS) is 16.7. The van der Waals surface area contributed by atoms with E-state index in [9.17, 15) is 0 Å². The second-order valence-corrected chi connectivity index (χ2v) is 19.7. The molecule has 0 bridgehead atoms. The zero-order valence-electron chi connectivity index (χ0n) is 35.2. The molecule has 0 amide bonds. The van der Waals surface area contributed by atoms with Crippen LogP contribution in [0.15, 0.2) is 216 Å². The molecule has 1 spiro atoms. The van der Waals surface area contributed by atoms with E-state index >= 15 is 8.42 Å². The molecule has 304 valence electrons. The first kappa shape index (κ1) is 37.0. The van der Waals surface area contributed by atoms with Crippen LogP contribution in [0.3, 0.4) is 0 Å². The molecule has 3 aliphatic rings. The molecule has 0 saturated heterocycles. The summed E-state index contributed by atoms with van der Waals surface area (Å²) in [6.07, 6.45) is 0. The molecule has 64 heavy (non-hydrogen) atoms. The van der Waals surface area contributed by atoms with Gasteiger partial charge in [0.25, 0.3) is 0 Å². The van der Waals surface area contributed by atoms with Gasteiger partial charge in [0.1, 0.15) is 5.82 Å². The van der Waals surface area contributed by atoms with Crippen molar-refractivity contribution in [2.75, 3.05) is 0 Å². The fourth-order valence-corrected chi connectivity index (χ4v) is 13.2. The van der Waals surface area contributed by atoms with Crippen molar-refractivity contribution in [3.05, 3.63) is 240 Å². The van der Waals surface area contributed by atoms with Gasteiger partial charge in [-0.25, -0.2) is 13.4 Å². The van der Waals surface area contributed by atoms with Crippen LogP contribution in [0, 0.1) is 0 Å². The van der Waals surface area contributed by atoms with E-state index in [1.807, 2.05) is 36.4 Å². The topological polar surface area (TPSA) is 52.0 Å². The van der Waals surface area contributed by atoms with Crippen LogP contribution >= 0.6 is 0 Å². The lowest BCUT2D eigenvalue weighted by molar-refractivity contribution is 0.577. The van der Waals surface area contributed by atoms with Gasteiger partial charge < -0.3 is 0 Å². The largest absolute Gasteiger partial charge is 0.292 e. The fraction of sp³-hybridized carbons (Fsp3) is 0.0678. The standard InChI is InChI=1S/C59H40N2O2S/c1-58(2)47-25-13-11-24-44(47)46-35-52-56(36-50(46)58)64(62,63)55-28-16-15-27-49(55)59(52)48-26-14-12-23-43(48)41-21-9-10-22-42(41)45-31-29-38(33-51(45)59)39-30-32-54-53(34-39)60-57(37-17-5-3-6-18-37)61(54)40-19-7-4-8-20-40/h3-36H,1-2H3. The van der Waals surface area contributed by atoms with E-state index in [-0.39, 0.29) is 0 Å². The summed E-state index contributed by atoms with van der Waals surface area (Å²) >= 11 is 0. The van der Waals surface area contributed by atoms with Gasteiger partial charge in [-0.3, -0.25) is 4.57 Å². The number of para-hydroxylation sites is 1. The molecule has 1 aromatic heterocycles. The van der Waals surface area contributed by atoms with Gasteiger partial charge >= 0.3 is 0 Å². The van der Waals surface area contributed by atoms with Gasteiger partial charge in [0.15, 0.2) is 0 Å². The van der Waals surface area contributed by atoms with Crippen LogP contribution in [0.1, 0.15) is 47.2 Å². The zero-order chi connectivity index (χ0) is 43.0. The quantitative estimate of drug-likeness (QED) is 0.178. The van der Waals surface area contributed by atoms with Gasteiger partial charge in [-0.2, -0.15) is 0 Å². The molecule has 2 aliphatic carbocycles. The SMILES string of the molecule is CC1(C)c2ccccc2-c2cc3c(cc21)S(=O)(=O)c1ccccc1C31c2ccccc2-c2ccccc2-c2ccc(-c3ccc4c(c3)nc(-c3ccccc3)n4-c3ccccc3)cc21. The predicted octanol–water partition coefficient (Wildman–Crippen LogP) is 13.8. The fourth-order valence-electron chi connectivity index (χ4n) is 11.4. The molecular weight excluding hydrogens is 801 g/mol. The molecule has 0 N–H and O–H groups in total. The van der Waals surface area contributed by atoms with Gasteiger partial charge in [0.2, 0.25) is 9.84 Å². The van der Waals surface area contributed by atoms with E-state index in [1.54, 1.807) is 0 Å². The molecule has 1 atom stereocenters. The van der Waals surface area contributed by atoms with Crippen molar-refractivity contribution in [1.29, 1.82) is 0 Å². The molecule has 10 aromatic rings. The molecule has 1 unspecified atom stereocenters. The van der Waals surface area contributed by atoms with E-state index in [4.69, 9.17) is 4.98 Å². The number of benzene rings is 9. The maximum absolute atomic E-state index is 15.4. The third-order valence-electron chi connectivity index (χ3n) is 14.3. The molecule has 4 nitrogen and oxygen atoms in total. The average Bonchev–Trinajstić information content (AvgIpc) is 3.80. The van der Waals surface area contributed by atoms with Crippen LogP contribution in [0.25, 0.3) is 72.6 Å². The van der Waals surface area contributed by atoms with Crippen LogP contribution in [0.2, 0.25) is 0 Å². The maximum atomic E-state index is 15.4. The third kappa shape index (κ3) is 4.87. The first-order valence-corrected chi connectivity index (χ1v) is 23.4. The smallest absolute Gasteiger partial charge is 0.207 e. The predicted molar refractivity (Wildman–Crippen MR) is 258 cm³/mol. The Bertz CT molecular complexity index is 3720. The van der Waals surface area contributed by atoms with Crippen molar-refractivity contribution in [2.45, 2.75) is 34.5 Å². The van der Waals surface area contributed by atoms with Gasteiger partial charge in [0.05, 0.1) is 26.2 Å². The lowest BCUT2D eigenvalue weighted by Gasteiger charge is -2.43. The molecule has 9 aromatic carbocycles. The molecule has 2 heterocycles. The highest BCUT2D eigenvalue weighted by Crippen LogP contribution is 2.62. The zero-order valence-corrected chi connectivity index (χ0v) is 36.1. The van der Waals surface area contributed by atoms with Gasteiger partial charge in [-0.05, 0) is 126 Å².